The zero-order valence-corrected chi connectivity index (χ0v) is 31.2. The summed E-state index contributed by atoms with van der Waals surface area (Å²) in [5, 5.41) is 16.8. The van der Waals surface area contributed by atoms with Gasteiger partial charge in [-0.15, -0.1) is 0 Å². The van der Waals surface area contributed by atoms with Crippen LogP contribution in [0.5, 0.6) is 5.88 Å². The SMILES string of the molecule is Cc1ccc(NC(=NC[C@H]2c3ccccc3C(=O)N(CCc3ccccc3)[C@@H]2c2ccc3c(c2)c2ccccc2n3C)c2c(O)n(C)c(=O)n(C)c2=O)cc1. The van der Waals surface area contributed by atoms with Gasteiger partial charge in [0.15, 0.2) is 0 Å². The van der Waals surface area contributed by atoms with Crippen molar-refractivity contribution in [2.45, 2.75) is 25.3 Å². The number of amides is 1. The van der Waals surface area contributed by atoms with E-state index in [1.165, 1.54) is 14.1 Å². The number of benzene rings is 5. The van der Waals surface area contributed by atoms with Gasteiger partial charge >= 0.3 is 5.69 Å². The summed E-state index contributed by atoms with van der Waals surface area (Å²) >= 11 is 0. The molecule has 0 fully saturated rings. The number of anilines is 1. The fraction of sp³-hybridized carbons (Fsp3) is 0.200. The van der Waals surface area contributed by atoms with Crippen molar-refractivity contribution in [3.63, 3.8) is 0 Å². The number of nitrogens with one attached hydrogen (secondary N) is 1. The first-order valence-corrected chi connectivity index (χ1v) is 18.4. The van der Waals surface area contributed by atoms with Crippen molar-refractivity contribution in [3.8, 4) is 5.88 Å². The summed E-state index contributed by atoms with van der Waals surface area (Å²) in [5.41, 5.74) is 5.99. The van der Waals surface area contributed by atoms with Crippen LogP contribution in [0.3, 0.4) is 0 Å². The number of fused-ring (bicyclic) bond motifs is 4. The number of carbonyl (C=O) groups excluding carboxylic acids is 1. The minimum Gasteiger partial charge on any atom is -0.494 e. The van der Waals surface area contributed by atoms with Crippen molar-refractivity contribution in [1.82, 2.24) is 18.6 Å². The molecule has 2 N–H and O–H groups in total. The Kier molecular flexibility index (Phi) is 9.18. The van der Waals surface area contributed by atoms with Crippen LogP contribution in [0.2, 0.25) is 0 Å². The predicted molar refractivity (Wildman–Crippen MR) is 218 cm³/mol. The minimum atomic E-state index is -0.680. The predicted octanol–water partition coefficient (Wildman–Crippen LogP) is 6.83. The van der Waals surface area contributed by atoms with Crippen molar-refractivity contribution in [2.24, 2.45) is 26.1 Å². The van der Waals surface area contributed by atoms with Gasteiger partial charge in [0.2, 0.25) is 5.88 Å². The Morgan fingerprint density at radius 1 is 0.745 bits per heavy atom. The molecule has 10 nitrogen and oxygen atoms in total. The summed E-state index contributed by atoms with van der Waals surface area (Å²) in [6.45, 7) is 2.59. The van der Waals surface area contributed by atoms with Crippen LogP contribution in [0.4, 0.5) is 5.69 Å². The Balaban J connectivity index is 1.32. The van der Waals surface area contributed by atoms with E-state index in [1.54, 1.807) is 0 Å². The number of para-hydroxylation sites is 1. The van der Waals surface area contributed by atoms with Crippen molar-refractivity contribution in [2.75, 3.05) is 18.4 Å². The molecule has 0 spiro atoms. The fourth-order valence-corrected chi connectivity index (χ4v) is 7.98. The van der Waals surface area contributed by atoms with Crippen LogP contribution >= 0.6 is 0 Å². The lowest BCUT2D eigenvalue weighted by molar-refractivity contribution is 0.0614. The normalized spacial score (nSPS) is 15.8. The molecule has 0 unspecified atom stereocenters. The van der Waals surface area contributed by atoms with Gasteiger partial charge in [-0.05, 0) is 66.4 Å². The number of amidine groups is 1. The van der Waals surface area contributed by atoms with Crippen LogP contribution < -0.4 is 16.6 Å². The second kappa shape index (κ2) is 14.3. The molecule has 8 rings (SSSR count). The maximum absolute atomic E-state index is 14.6. The second-order valence-corrected chi connectivity index (χ2v) is 14.3. The lowest BCUT2D eigenvalue weighted by Crippen LogP contribution is -2.45. The molecule has 1 aliphatic heterocycles. The highest BCUT2D eigenvalue weighted by Gasteiger charge is 2.40. The van der Waals surface area contributed by atoms with E-state index in [0.717, 1.165) is 53.2 Å². The van der Waals surface area contributed by atoms with Gasteiger partial charge in [-0.1, -0.05) is 90.5 Å². The van der Waals surface area contributed by atoms with Gasteiger partial charge in [0.25, 0.3) is 11.5 Å². The summed E-state index contributed by atoms with van der Waals surface area (Å²) < 4.78 is 4.18. The zero-order chi connectivity index (χ0) is 38.4. The van der Waals surface area contributed by atoms with Crippen molar-refractivity contribution in [3.05, 3.63) is 176 Å². The van der Waals surface area contributed by atoms with E-state index in [-0.39, 0.29) is 29.8 Å². The average molecular weight is 731 g/mol. The van der Waals surface area contributed by atoms with Crippen LogP contribution in [0.15, 0.2) is 136 Å². The third-order valence-corrected chi connectivity index (χ3v) is 11.0. The number of aromatic nitrogens is 3. The number of aromatic hydroxyl groups is 1. The topological polar surface area (TPSA) is 114 Å². The van der Waals surface area contributed by atoms with Gasteiger partial charge in [-0.25, -0.2) is 4.79 Å². The molecule has 0 bridgehead atoms. The summed E-state index contributed by atoms with van der Waals surface area (Å²) in [4.78, 5) is 48.3. The number of aryl methyl sites for hydroxylation is 2. The highest BCUT2D eigenvalue weighted by molar-refractivity contribution is 6.10. The summed E-state index contributed by atoms with van der Waals surface area (Å²) in [5.74, 6) is -0.790. The first-order chi connectivity index (χ1) is 26.6. The lowest BCUT2D eigenvalue weighted by atomic mass is 9.79. The molecule has 2 aromatic heterocycles. The maximum atomic E-state index is 14.6. The van der Waals surface area contributed by atoms with Crippen LogP contribution in [-0.2, 0) is 27.6 Å². The van der Waals surface area contributed by atoms with Gasteiger partial charge in [0.05, 0.1) is 12.6 Å². The van der Waals surface area contributed by atoms with E-state index in [2.05, 4.69) is 59.4 Å². The zero-order valence-electron chi connectivity index (χ0n) is 31.2. The molecule has 1 aliphatic rings. The molecule has 1 amide bonds. The molecule has 7 aromatic rings. The highest BCUT2D eigenvalue weighted by Crippen LogP contribution is 2.44. The molecule has 55 heavy (non-hydrogen) atoms. The molecular formula is C45H42N6O4. The third kappa shape index (κ3) is 6.29. The number of aliphatic imine (C=N–C) groups is 1. The van der Waals surface area contributed by atoms with Crippen LogP contribution in [-0.4, -0.2) is 48.5 Å². The van der Waals surface area contributed by atoms with E-state index >= 15 is 0 Å². The van der Waals surface area contributed by atoms with Crippen molar-refractivity contribution in [1.29, 1.82) is 0 Å². The molecule has 0 radical (unpaired) electrons. The summed E-state index contributed by atoms with van der Waals surface area (Å²) in [6, 6.07) is 39.8. The maximum Gasteiger partial charge on any atom is 0.333 e. The van der Waals surface area contributed by atoms with Gasteiger partial charge in [-0.2, -0.15) is 0 Å². The molecule has 5 aromatic carbocycles. The van der Waals surface area contributed by atoms with Gasteiger partial charge in [-0.3, -0.25) is 23.7 Å². The molecule has 3 heterocycles. The number of hydrogen-bond donors (Lipinski definition) is 2. The molecule has 0 saturated heterocycles. The Morgan fingerprint density at radius 2 is 1.44 bits per heavy atom. The number of rotatable bonds is 8. The number of carbonyl (C=O) groups is 1. The lowest BCUT2D eigenvalue weighted by Gasteiger charge is -2.42. The van der Waals surface area contributed by atoms with E-state index in [1.807, 2.05) is 90.7 Å². The minimum absolute atomic E-state index is 0.0580. The molecule has 2 atom stereocenters. The van der Waals surface area contributed by atoms with Gasteiger partial charge < -0.3 is 19.9 Å². The molecule has 0 aliphatic carbocycles. The van der Waals surface area contributed by atoms with Crippen LogP contribution in [0.25, 0.3) is 21.8 Å². The highest BCUT2D eigenvalue weighted by atomic mass is 16.3. The van der Waals surface area contributed by atoms with E-state index < -0.39 is 23.2 Å². The Bertz CT molecular complexity index is 2740. The summed E-state index contributed by atoms with van der Waals surface area (Å²) in [6.07, 6.45) is 0.653. The molecule has 276 valence electrons. The Hall–Kier alpha value is -6.68. The first-order valence-electron chi connectivity index (χ1n) is 18.4. The number of nitrogens with zero attached hydrogens (tertiary/aromatic N) is 5. The second-order valence-electron chi connectivity index (χ2n) is 14.3. The quantitative estimate of drug-likeness (QED) is 0.132. The van der Waals surface area contributed by atoms with Gasteiger partial charge in [0, 0.05) is 66.7 Å². The first kappa shape index (κ1) is 35.4. The van der Waals surface area contributed by atoms with Crippen molar-refractivity contribution < 1.29 is 9.90 Å². The van der Waals surface area contributed by atoms with E-state index in [9.17, 15) is 19.5 Å². The average Bonchev–Trinajstić information content (AvgIpc) is 3.50. The third-order valence-electron chi connectivity index (χ3n) is 11.0. The van der Waals surface area contributed by atoms with E-state index in [0.29, 0.717) is 24.2 Å². The number of hydrogen-bond acceptors (Lipinski definition) is 5. The molecule has 0 saturated carbocycles. The fourth-order valence-electron chi connectivity index (χ4n) is 7.98. The van der Waals surface area contributed by atoms with Crippen molar-refractivity contribution >= 4 is 39.2 Å². The molecule has 10 heteroatoms. The van der Waals surface area contributed by atoms with E-state index in [4.69, 9.17) is 4.99 Å². The van der Waals surface area contributed by atoms with Crippen LogP contribution in [0, 0.1) is 6.92 Å². The standard InChI is InChI=1S/C45H42N6O4/c1-28-18-21-31(22-19-28)47-41(39-43(53)49(3)45(55)50(4)44(39)54)46-27-36-32-14-8-9-16-34(32)42(52)51(25-24-29-12-6-5-7-13-29)40(36)30-20-23-38-35(26-30)33-15-10-11-17-37(33)48(38)2/h5-23,26,36,40,53H,24-25,27H2,1-4H3,(H,46,47)/t36-,40+/m0/s1. The smallest absolute Gasteiger partial charge is 0.333 e. The Morgan fingerprint density at radius 3 is 2.22 bits per heavy atom. The largest absolute Gasteiger partial charge is 0.494 e. The Labute approximate surface area is 318 Å². The molecular weight excluding hydrogens is 689 g/mol. The summed E-state index contributed by atoms with van der Waals surface area (Å²) in [7, 11) is 4.86. The monoisotopic (exact) mass is 730 g/mol. The van der Waals surface area contributed by atoms with Gasteiger partial charge in [0.1, 0.15) is 11.4 Å². The van der Waals surface area contributed by atoms with Crippen LogP contribution in [0.1, 0.15) is 50.1 Å².